The van der Waals surface area contributed by atoms with Crippen molar-refractivity contribution in [3.05, 3.63) is 106 Å². The molecule has 1 fully saturated rings. The number of pyridine rings is 1. The Labute approximate surface area is 176 Å². The third-order valence-electron chi connectivity index (χ3n) is 4.83. The number of Topliss-reactive ketones (excluding diaryl/α,β-unsaturated/α-hetero) is 1. The number of hydrogen-bond acceptors (Lipinski definition) is 4. The first-order valence-corrected chi connectivity index (χ1v) is 9.84. The number of benzene rings is 2. The fraction of sp³-hybridized carbons (Fsp3) is 0.0870. The molecule has 6 heteroatoms. The first kappa shape index (κ1) is 19.1. The summed E-state index contributed by atoms with van der Waals surface area (Å²) in [6.45, 7) is 0.209. The van der Waals surface area contributed by atoms with Gasteiger partial charge in [-0.15, -0.1) is 0 Å². The summed E-state index contributed by atoms with van der Waals surface area (Å²) < 4.78 is 0.821. The van der Waals surface area contributed by atoms with Gasteiger partial charge in [-0.2, -0.15) is 0 Å². The third-order valence-corrected chi connectivity index (χ3v) is 5.32. The molecule has 0 unspecified atom stereocenters. The molecule has 29 heavy (non-hydrogen) atoms. The van der Waals surface area contributed by atoms with Crippen molar-refractivity contribution in [3.63, 3.8) is 0 Å². The van der Waals surface area contributed by atoms with Crippen LogP contribution in [0.5, 0.6) is 0 Å². The number of rotatable bonds is 4. The van der Waals surface area contributed by atoms with E-state index in [2.05, 4.69) is 20.9 Å². The van der Waals surface area contributed by atoms with Gasteiger partial charge in [-0.25, -0.2) is 0 Å². The molecule has 1 aromatic heterocycles. The van der Waals surface area contributed by atoms with E-state index in [0.717, 1.165) is 15.6 Å². The minimum atomic E-state index is -0.701. The average molecular weight is 449 g/mol. The first-order chi connectivity index (χ1) is 14.1. The van der Waals surface area contributed by atoms with Crippen LogP contribution in [0.2, 0.25) is 0 Å². The molecule has 1 atom stereocenters. The Balaban J connectivity index is 1.87. The summed E-state index contributed by atoms with van der Waals surface area (Å²) in [6.07, 6.45) is 3.31. The number of aromatic nitrogens is 1. The maximum atomic E-state index is 13.0. The van der Waals surface area contributed by atoms with Crippen LogP contribution < -0.4 is 0 Å². The number of hydrogen-bond donors (Lipinski definition) is 1. The maximum Gasteiger partial charge on any atom is 0.295 e. The number of carbonyl (C=O) groups is 2. The highest BCUT2D eigenvalue weighted by molar-refractivity contribution is 9.10. The number of halogens is 1. The molecule has 1 N–H and O–H groups in total. The molecule has 0 bridgehead atoms. The minimum Gasteiger partial charge on any atom is -0.507 e. The second-order valence-corrected chi connectivity index (χ2v) is 7.62. The van der Waals surface area contributed by atoms with Crippen LogP contribution in [0.4, 0.5) is 0 Å². The number of aliphatic hydroxyl groups excluding tert-OH is 1. The Kier molecular flexibility index (Phi) is 5.27. The lowest BCUT2D eigenvalue weighted by molar-refractivity contribution is -0.140. The fourth-order valence-electron chi connectivity index (χ4n) is 3.51. The van der Waals surface area contributed by atoms with E-state index in [1.165, 1.54) is 4.90 Å². The maximum absolute atomic E-state index is 13.0. The van der Waals surface area contributed by atoms with Crippen molar-refractivity contribution in [3.8, 4) is 0 Å². The van der Waals surface area contributed by atoms with Crippen molar-refractivity contribution in [1.29, 1.82) is 0 Å². The predicted molar refractivity (Wildman–Crippen MR) is 113 cm³/mol. The molecule has 3 aromatic rings. The number of likely N-dealkylation sites (tertiary alicyclic amines) is 1. The molecule has 1 aliphatic heterocycles. The quantitative estimate of drug-likeness (QED) is 0.363. The summed E-state index contributed by atoms with van der Waals surface area (Å²) in [5.41, 5.74) is 2.11. The molecule has 1 aliphatic rings. The van der Waals surface area contributed by atoms with Gasteiger partial charge in [0.1, 0.15) is 5.76 Å². The molecule has 5 nitrogen and oxygen atoms in total. The smallest absolute Gasteiger partial charge is 0.295 e. The summed E-state index contributed by atoms with van der Waals surface area (Å²) in [5, 5.41) is 10.9. The van der Waals surface area contributed by atoms with Crippen molar-refractivity contribution in [1.82, 2.24) is 9.88 Å². The van der Waals surface area contributed by atoms with Crippen molar-refractivity contribution in [2.24, 2.45) is 0 Å². The fourth-order valence-corrected chi connectivity index (χ4v) is 3.92. The normalized spacial score (nSPS) is 18.2. The molecule has 2 heterocycles. The van der Waals surface area contributed by atoms with Crippen LogP contribution in [0.3, 0.4) is 0 Å². The molecule has 0 radical (unpaired) electrons. The number of ketones is 1. The number of aliphatic hydroxyl groups is 1. The Bertz CT molecular complexity index is 1100. The van der Waals surface area contributed by atoms with Gasteiger partial charge in [0.05, 0.1) is 11.6 Å². The zero-order valence-electron chi connectivity index (χ0n) is 15.3. The van der Waals surface area contributed by atoms with E-state index in [1.807, 2.05) is 36.4 Å². The van der Waals surface area contributed by atoms with E-state index in [1.54, 1.807) is 42.7 Å². The van der Waals surface area contributed by atoms with Crippen molar-refractivity contribution >= 4 is 33.4 Å². The first-order valence-electron chi connectivity index (χ1n) is 9.04. The second-order valence-electron chi connectivity index (χ2n) is 6.71. The Hall–Kier alpha value is -3.25. The van der Waals surface area contributed by atoms with Crippen molar-refractivity contribution < 1.29 is 14.7 Å². The molecular formula is C23H17BrN2O3. The number of nitrogens with zero attached hydrogens (tertiary/aromatic N) is 2. The zero-order valence-corrected chi connectivity index (χ0v) is 16.9. The van der Waals surface area contributed by atoms with E-state index in [-0.39, 0.29) is 17.9 Å². The Morgan fingerprint density at radius 1 is 1.03 bits per heavy atom. The van der Waals surface area contributed by atoms with Crippen LogP contribution in [-0.2, 0) is 16.1 Å². The van der Waals surface area contributed by atoms with Gasteiger partial charge in [-0.3, -0.25) is 14.6 Å². The lowest BCUT2D eigenvalue weighted by atomic mass is 9.95. The van der Waals surface area contributed by atoms with Crippen LogP contribution in [-0.4, -0.2) is 26.7 Å². The topological polar surface area (TPSA) is 70.5 Å². The Morgan fingerprint density at radius 2 is 1.83 bits per heavy atom. The largest absolute Gasteiger partial charge is 0.507 e. The standard InChI is InChI=1S/C23H17BrN2O3/c24-18-10-4-9-17(12-18)20-19(21(27)16-7-2-1-3-8-16)22(28)23(29)26(20)14-15-6-5-11-25-13-15/h1-13,20,27H,14H2/b21-19+/t20-/m0/s1. The van der Waals surface area contributed by atoms with Gasteiger partial charge in [0, 0.05) is 29.0 Å². The summed E-state index contributed by atoms with van der Waals surface area (Å²) in [6, 6.07) is 19.1. The lowest BCUT2D eigenvalue weighted by Gasteiger charge is -2.25. The molecule has 0 saturated carbocycles. The van der Waals surface area contributed by atoms with Gasteiger partial charge in [-0.1, -0.05) is 64.5 Å². The summed E-state index contributed by atoms with van der Waals surface area (Å²) in [7, 11) is 0. The average Bonchev–Trinajstić information content (AvgIpc) is 2.99. The summed E-state index contributed by atoms with van der Waals surface area (Å²) in [5.74, 6) is -1.51. The molecule has 144 valence electrons. The molecule has 0 spiro atoms. The van der Waals surface area contributed by atoms with Gasteiger partial charge in [0.2, 0.25) is 0 Å². The monoisotopic (exact) mass is 448 g/mol. The second kappa shape index (κ2) is 8.01. The van der Waals surface area contributed by atoms with E-state index in [9.17, 15) is 14.7 Å². The van der Waals surface area contributed by atoms with Crippen LogP contribution in [0.15, 0.2) is 89.2 Å². The van der Waals surface area contributed by atoms with Gasteiger partial charge < -0.3 is 10.0 Å². The van der Waals surface area contributed by atoms with Gasteiger partial charge in [0.25, 0.3) is 11.7 Å². The van der Waals surface area contributed by atoms with E-state index < -0.39 is 17.7 Å². The molecule has 2 aromatic carbocycles. The molecule has 4 rings (SSSR count). The minimum absolute atomic E-state index is 0.0863. The summed E-state index contributed by atoms with van der Waals surface area (Å²) in [4.78, 5) is 31.5. The van der Waals surface area contributed by atoms with E-state index >= 15 is 0 Å². The van der Waals surface area contributed by atoms with Crippen molar-refractivity contribution in [2.45, 2.75) is 12.6 Å². The molecule has 1 amide bonds. The van der Waals surface area contributed by atoms with E-state index in [4.69, 9.17) is 0 Å². The zero-order chi connectivity index (χ0) is 20.4. The van der Waals surface area contributed by atoms with Crippen LogP contribution in [0, 0.1) is 0 Å². The van der Waals surface area contributed by atoms with Crippen LogP contribution >= 0.6 is 15.9 Å². The third kappa shape index (κ3) is 3.71. The van der Waals surface area contributed by atoms with Crippen LogP contribution in [0.25, 0.3) is 5.76 Å². The van der Waals surface area contributed by atoms with Gasteiger partial charge in [0.15, 0.2) is 0 Å². The van der Waals surface area contributed by atoms with Gasteiger partial charge in [-0.05, 0) is 29.3 Å². The molecular weight excluding hydrogens is 432 g/mol. The van der Waals surface area contributed by atoms with Gasteiger partial charge >= 0.3 is 0 Å². The molecule has 1 saturated heterocycles. The number of carbonyl (C=O) groups excluding carboxylic acids is 2. The predicted octanol–water partition coefficient (Wildman–Crippen LogP) is 4.47. The molecule has 0 aliphatic carbocycles. The number of amides is 1. The van der Waals surface area contributed by atoms with Crippen LogP contribution in [0.1, 0.15) is 22.7 Å². The Morgan fingerprint density at radius 3 is 2.52 bits per heavy atom. The highest BCUT2D eigenvalue weighted by Crippen LogP contribution is 2.40. The SMILES string of the molecule is O=C1C(=O)N(Cc2cccnc2)[C@@H](c2cccc(Br)c2)/C1=C(\O)c1ccccc1. The summed E-state index contributed by atoms with van der Waals surface area (Å²) >= 11 is 3.45. The highest BCUT2D eigenvalue weighted by Gasteiger charge is 2.46. The van der Waals surface area contributed by atoms with E-state index in [0.29, 0.717) is 5.56 Å². The highest BCUT2D eigenvalue weighted by atomic mass is 79.9. The lowest BCUT2D eigenvalue weighted by Crippen LogP contribution is -2.29. The van der Waals surface area contributed by atoms with Crippen molar-refractivity contribution in [2.75, 3.05) is 0 Å².